The van der Waals surface area contributed by atoms with E-state index >= 15 is 0 Å². The van der Waals surface area contributed by atoms with Crippen LogP contribution >= 0.6 is 12.2 Å². The molecule has 0 aliphatic heterocycles. The largest absolute Gasteiger partial charge is 0.366 e. The van der Waals surface area contributed by atoms with Crippen LogP contribution in [0.3, 0.4) is 0 Å². The molecule has 1 aromatic heterocycles. The van der Waals surface area contributed by atoms with Crippen LogP contribution in [0.2, 0.25) is 0 Å². The van der Waals surface area contributed by atoms with Crippen LogP contribution in [0.25, 0.3) is 10.9 Å². The van der Waals surface area contributed by atoms with Crippen LogP contribution in [0.15, 0.2) is 29.1 Å². The summed E-state index contributed by atoms with van der Waals surface area (Å²) < 4.78 is 0. The summed E-state index contributed by atoms with van der Waals surface area (Å²) in [7, 11) is 1.76. The third kappa shape index (κ3) is 3.32. The van der Waals surface area contributed by atoms with Gasteiger partial charge >= 0.3 is 0 Å². The van der Waals surface area contributed by atoms with Crippen molar-refractivity contribution in [1.82, 2.24) is 15.6 Å². The topological polar surface area (TPSA) is 56.9 Å². The number of hydrogen-bond donors (Lipinski definition) is 3. The number of fused-ring (bicyclic) bond motifs is 1. The summed E-state index contributed by atoms with van der Waals surface area (Å²) in [5, 5.41) is 7.51. The second-order valence-electron chi connectivity index (χ2n) is 4.47. The first-order valence-corrected chi connectivity index (χ1v) is 6.59. The number of thiocarbonyl (C=S) groups is 1. The lowest BCUT2D eigenvalue weighted by atomic mass is 10.1. The number of aryl methyl sites for hydroxylation is 1. The Morgan fingerprint density at radius 1 is 1.37 bits per heavy atom. The van der Waals surface area contributed by atoms with Gasteiger partial charge in [0.15, 0.2) is 5.11 Å². The highest BCUT2D eigenvalue weighted by atomic mass is 32.1. The zero-order valence-corrected chi connectivity index (χ0v) is 11.9. The van der Waals surface area contributed by atoms with Gasteiger partial charge in [-0.05, 0) is 48.6 Å². The van der Waals surface area contributed by atoms with E-state index in [-0.39, 0.29) is 5.56 Å². The number of benzene rings is 1. The lowest BCUT2D eigenvalue weighted by molar-refractivity contribution is 0.843. The molecular formula is C14H17N3OS. The van der Waals surface area contributed by atoms with E-state index in [9.17, 15) is 4.79 Å². The van der Waals surface area contributed by atoms with Crippen LogP contribution in [0.4, 0.5) is 0 Å². The number of hydrogen-bond acceptors (Lipinski definition) is 2. The summed E-state index contributed by atoms with van der Waals surface area (Å²) in [4.78, 5) is 14.9. The molecule has 2 rings (SSSR count). The average molecular weight is 275 g/mol. The second-order valence-corrected chi connectivity index (χ2v) is 4.88. The Labute approximate surface area is 117 Å². The van der Waals surface area contributed by atoms with E-state index in [1.807, 2.05) is 31.2 Å². The van der Waals surface area contributed by atoms with E-state index in [0.29, 0.717) is 18.1 Å². The van der Waals surface area contributed by atoms with Crippen molar-refractivity contribution in [2.24, 2.45) is 0 Å². The Morgan fingerprint density at radius 3 is 2.89 bits per heavy atom. The minimum atomic E-state index is -0.0322. The monoisotopic (exact) mass is 275 g/mol. The van der Waals surface area contributed by atoms with Gasteiger partial charge in [0.1, 0.15) is 0 Å². The highest BCUT2D eigenvalue weighted by Gasteiger charge is 2.03. The zero-order chi connectivity index (χ0) is 13.8. The number of nitrogens with one attached hydrogen (secondary N) is 3. The second kappa shape index (κ2) is 5.84. The van der Waals surface area contributed by atoms with Gasteiger partial charge in [0, 0.05) is 24.7 Å². The third-order valence-corrected chi connectivity index (χ3v) is 3.33. The van der Waals surface area contributed by atoms with E-state index in [0.717, 1.165) is 22.0 Å². The number of aromatic nitrogens is 1. The standard InChI is InChI=1S/C14H17N3OS/c1-9-3-4-10-8-11(5-6-16-14(19)15-2)13(18)17-12(10)7-9/h3-4,7-8H,5-6H2,1-2H3,(H,17,18)(H2,15,16,19). The molecule has 0 atom stereocenters. The lowest BCUT2D eigenvalue weighted by Crippen LogP contribution is -2.34. The van der Waals surface area contributed by atoms with Crippen molar-refractivity contribution in [2.45, 2.75) is 13.3 Å². The van der Waals surface area contributed by atoms with E-state index in [4.69, 9.17) is 12.2 Å². The van der Waals surface area contributed by atoms with Gasteiger partial charge in [-0.15, -0.1) is 0 Å². The van der Waals surface area contributed by atoms with Crippen LogP contribution in [-0.4, -0.2) is 23.7 Å². The van der Waals surface area contributed by atoms with Crippen molar-refractivity contribution >= 4 is 28.2 Å². The van der Waals surface area contributed by atoms with Crippen molar-refractivity contribution in [3.8, 4) is 0 Å². The molecule has 1 aromatic carbocycles. The average Bonchev–Trinajstić information content (AvgIpc) is 2.39. The summed E-state index contributed by atoms with van der Waals surface area (Å²) in [6.45, 7) is 2.65. The fourth-order valence-electron chi connectivity index (χ4n) is 1.94. The molecule has 0 aliphatic rings. The molecule has 0 amide bonds. The molecule has 0 saturated heterocycles. The van der Waals surface area contributed by atoms with Crippen molar-refractivity contribution in [1.29, 1.82) is 0 Å². The number of H-pyrrole nitrogens is 1. The zero-order valence-electron chi connectivity index (χ0n) is 11.0. The van der Waals surface area contributed by atoms with Gasteiger partial charge < -0.3 is 15.6 Å². The molecule has 1 heterocycles. The maximum Gasteiger partial charge on any atom is 0.251 e. The van der Waals surface area contributed by atoms with Crippen molar-refractivity contribution < 1.29 is 0 Å². The first-order chi connectivity index (χ1) is 9.10. The Morgan fingerprint density at radius 2 is 2.16 bits per heavy atom. The number of pyridine rings is 1. The van der Waals surface area contributed by atoms with Crippen molar-refractivity contribution in [3.63, 3.8) is 0 Å². The SMILES string of the molecule is CNC(=S)NCCc1cc2ccc(C)cc2[nH]c1=O. The van der Waals surface area contributed by atoms with E-state index < -0.39 is 0 Å². The minimum Gasteiger partial charge on any atom is -0.366 e. The molecule has 0 aliphatic carbocycles. The maximum atomic E-state index is 12.0. The first kappa shape index (κ1) is 13.5. The molecule has 19 heavy (non-hydrogen) atoms. The van der Waals surface area contributed by atoms with Gasteiger partial charge in [-0.1, -0.05) is 12.1 Å². The summed E-state index contributed by atoms with van der Waals surface area (Å²) in [5.74, 6) is 0. The normalized spacial score (nSPS) is 10.4. The molecular weight excluding hydrogens is 258 g/mol. The van der Waals surface area contributed by atoms with E-state index in [2.05, 4.69) is 15.6 Å². The highest BCUT2D eigenvalue weighted by molar-refractivity contribution is 7.80. The Hall–Kier alpha value is -1.88. The molecule has 5 heteroatoms. The number of rotatable bonds is 3. The van der Waals surface area contributed by atoms with Gasteiger partial charge in [-0.3, -0.25) is 4.79 Å². The molecule has 0 saturated carbocycles. The summed E-state index contributed by atoms with van der Waals surface area (Å²) >= 11 is 4.99. The maximum absolute atomic E-state index is 12.0. The molecule has 0 radical (unpaired) electrons. The fraction of sp³-hybridized carbons (Fsp3) is 0.286. The van der Waals surface area contributed by atoms with Gasteiger partial charge in [-0.25, -0.2) is 0 Å². The lowest BCUT2D eigenvalue weighted by Gasteiger charge is -2.07. The molecule has 3 N–H and O–H groups in total. The van der Waals surface area contributed by atoms with Crippen molar-refractivity contribution in [3.05, 3.63) is 45.7 Å². The van der Waals surface area contributed by atoms with Crippen LogP contribution in [0.5, 0.6) is 0 Å². The van der Waals surface area contributed by atoms with Gasteiger partial charge in [0.05, 0.1) is 0 Å². The molecule has 100 valence electrons. The molecule has 0 fully saturated rings. The van der Waals surface area contributed by atoms with Crippen LogP contribution in [0, 0.1) is 6.92 Å². The Bertz CT molecular complexity index is 663. The smallest absolute Gasteiger partial charge is 0.251 e. The first-order valence-electron chi connectivity index (χ1n) is 6.18. The molecule has 2 aromatic rings. The molecule has 0 unspecified atom stereocenters. The summed E-state index contributed by atoms with van der Waals surface area (Å²) in [6.07, 6.45) is 0.640. The fourth-order valence-corrected chi connectivity index (χ4v) is 2.05. The highest BCUT2D eigenvalue weighted by Crippen LogP contribution is 2.13. The predicted molar refractivity (Wildman–Crippen MR) is 82.7 cm³/mol. The molecule has 4 nitrogen and oxygen atoms in total. The minimum absolute atomic E-state index is 0.0322. The van der Waals surface area contributed by atoms with Crippen LogP contribution in [0.1, 0.15) is 11.1 Å². The summed E-state index contributed by atoms with van der Waals surface area (Å²) in [6, 6.07) is 7.99. The summed E-state index contributed by atoms with van der Waals surface area (Å²) in [5.41, 5.74) is 2.75. The van der Waals surface area contributed by atoms with Crippen LogP contribution in [-0.2, 0) is 6.42 Å². The third-order valence-electron chi connectivity index (χ3n) is 2.99. The van der Waals surface area contributed by atoms with E-state index in [1.165, 1.54) is 0 Å². The molecule has 0 bridgehead atoms. The van der Waals surface area contributed by atoms with E-state index in [1.54, 1.807) is 7.05 Å². The van der Waals surface area contributed by atoms with Crippen LogP contribution < -0.4 is 16.2 Å². The van der Waals surface area contributed by atoms with Gasteiger partial charge in [-0.2, -0.15) is 0 Å². The van der Waals surface area contributed by atoms with Gasteiger partial charge in [0.2, 0.25) is 0 Å². The number of aromatic amines is 1. The Kier molecular flexibility index (Phi) is 4.16. The quantitative estimate of drug-likeness (QED) is 0.743. The van der Waals surface area contributed by atoms with Gasteiger partial charge in [0.25, 0.3) is 5.56 Å². The Balaban J connectivity index is 2.20. The van der Waals surface area contributed by atoms with Crippen molar-refractivity contribution in [2.75, 3.05) is 13.6 Å². The predicted octanol–water partition coefficient (Wildman–Crippen LogP) is 1.47. The molecule has 0 spiro atoms.